The van der Waals surface area contributed by atoms with Crippen LogP contribution in [0.15, 0.2) is 18.2 Å². The van der Waals surface area contributed by atoms with Crippen molar-refractivity contribution in [3.05, 3.63) is 34.3 Å². The molecule has 96 valence electrons. The first-order valence-corrected chi connectivity index (χ1v) is 6.79. The largest absolute Gasteiger partial charge is 0.314 e. The van der Waals surface area contributed by atoms with Gasteiger partial charge in [-0.25, -0.2) is 0 Å². The first-order chi connectivity index (χ1) is 7.91. The van der Waals surface area contributed by atoms with Crippen LogP contribution in [-0.4, -0.2) is 12.6 Å². The summed E-state index contributed by atoms with van der Waals surface area (Å²) in [7, 11) is 0. The molecule has 2 atom stereocenters. The molecule has 17 heavy (non-hydrogen) atoms. The fraction of sp³-hybridized carbons (Fsp3) is 0.600. The molecule has 2 heteroatoms. The summed E-state index contributed by atoms with van der Waals surface area (Å²) in [5.74, 6) is 1.13. The van der Waals surface area contributed by atoms with Crippen molar-refractivity contribution in [3.63, 3.8) is 0 Å². The predicted molar refractivity (Wildman–Crippen MR) is 76.9 cm³/mol. The second-order valence-electron chi connectivity index (χ2n) is 5.34. The Bertz CT molecular complexity index is 360. The van der Waals surface area contributed by atoms with E-state index in [2.05, 4.69) is 51.2 Å². The van der Waals surface area contributed by atoms with Crippen LogP contribution >= 0.6 is 11.6 Å². The van der Waals surface area contributed by atoms with Crippen LogP contribution in [0, 0.1) is 12.8 Å². The smallest absolute Gasteiger partial charge is 0.0438 e. The van der Waals surface area contributed by atoms with Crippen molar-refractivity contribution >= 4 is 11.6 Å². The molecule has 0 bridgehead atoms. The van der Waals surface area contributed by atoms with E-state index in [4.69, 9.17) is 11.6 Å². The summed E-state index contributed by atoms with van der Waals surface area (Å²) in [6.45, 7) is 12.0. The average Bonchev–Trinajstić information content (AvgIpc) is 2.28. The number of aryl methyl sites for hydroxylation is 1. The van der Waals surface area contributed by atoms with Gasteiger partial charge in [-0.1, -0.05) is 51.4 Å². The van der Waals surface area contributed by atoms with Gasteiger partial charge < -0.3 is 5.32 Å². The van der Waals surface area contributed by atoms with E-state index < -0.39 is 0 Å². The quantitative estimate of drug-likeness (QED) is 0.821. The third kappa shape index (κ3) is 4.33. The van der Waals surface area contributed by atoms with Gasteiger partial charge in [0.1, 0.15) is 0 Å². The molecule has 0 aromatic heterocycles. The van der Waals surface area contributed by atoms with E-state index in [0.717, 1.165) is 17.1 Å². The highest BCUT2D eigenvalue weighted by atomic mass is 35.5. The molecular formula is C15H24ClN. The average molecular weight is 254 g/mol. The molecule has 0 aliphatic heterocycles. The van der Waals surface area contributed by atoms with E-state index in [1.807, 2.05) is 6.92 Å². The third-order valence-electron chi connectivity index (χ3n) is 3.42. The lowest BCUT2D eigenvalue weighted by molar-refractivity contribution is 0.426. The van der Waals surface area contributed by atoms with E-state index in [-0.39, 0.29) is 0 Å². The van der Waals surface area contributed by atoms with Crippen LogP contribution in [0.2, 0.25) is 5.02 Å². The van der Waals surface area contributed by atoms with Crippen LogP contribution in [0.5, 0.6) is 0 Å². The highest BCUT2D eigenvalue weighted by molar-refractivity contribution is 6.31. The lowest BCUT2D eigenvalue weighted by atomic mass is 9.88. The van der Waals surface area contributed by atoms with Crippen molar-refractivity contribution < 1.29 is 0 Å². The number of halogens is 1. The zero-order chi connectivity index (χ0) is 13.0. The summed E-state index contributed by atoms with van der Waals surface area (Å²) < 4.78 is 0. The van der Waals surface area contributed by atoms with Gasteiger partial charge in [-0.2, -0.15) is 0 Å². The van der Waals surface area contributed by atoms with Crippen LogP contribution in [-0.2, 0) is 0 Å². The molecule has 2 unspecified atom stereocenters. The molecule has 1 nitrogen and oxygen atoms in total. The van der Waals surface area contributed by atoms with Crippen molar-refractivity contribution in [1.29, 1.82) is 0 Å². The van der Waals surface area contributed by atoms with Crippen molar-refractivity contribution in [2.45, 2.75) is 46.6 Å². The standard InChI is InChI=1S/C15H24ClN/c1-10(2)17-9-12(4)13(5)14-7-6-11(3)15(16)8-14/h6-8,10,12-13,17H,9H2,1-5H3. The minimum absolute atomic E-state index is 0.527. The van der Waals surface area contributed by atoms with Gasteiger partial charge in [0.2, 0.25) is 0 Å². The Morgan fingerprint density at radius 1 is 1.18 bits per heavy atom. The molecule has 1 rings (SSSR count). The van der Waals surface area contributed by atoms with Gasteiger partial charge in [0.05, 0.1) is 0 Å². The highest BCUT2D eigenvalue weighted by Gasteiger charge is 2.15. The van der Waals surface area contributed by atoms with Gasteiger partial charge in [-0.15, -0.1) is 0 Å². The third-order valence-corrected chi connectivity index (χ3v) is 3.83. The van der Waals surface area contributed by atoms with Crippen molar-refractivity contribution in [2.24, 2.45) is 5.92 Å². The van der Waals surface area contributed by atoms with Gasteiger partial charge in [0.25, 0.3) is 0 Å². The van der Waals surface area contributed by atoms with E-state index in [0.29, 0.717) is 17.9 Å². The van der Waals surface area contributed by atoms with Crippen molar-refractivity contribution in [3.8, 4) is 0 Å². The Hall–Kier alpha value is -0.530. The van der Waals surface area contributed by atoms with E-state index in [1.54, 1.807) is 0 Å². The Balaban J connectivity index is 2.67. The maximum Gasteiger partial charge on any atom is 0.0438 e. The second-order valence-corrected chi connectivity index (χ2v) is 5.74. The monoisotopic (exact) mass is 253 g/mol. The highest BCUT2D eigenvalue weighted by Crippen LogP contribution is 2.27. The summed E-state index contributed by atoms with van der Waals surface area (Å²) in [4.78, 5) is 0. The van der Waals surface area contributed by atoms with E-state index in [9.17, 15) is 0 Å². The van der Waals surface area contributed by atoms with Gasteiger partial charge in [-0.3, -0.25) is 0 Å². The normalized spacial score (nSPS) is 15.0. The van der Waals surface area contributed by atoms with Gasteiger partial charge in [0.15, 0.2) is 0 Å². The zero-order valence-corrected chi connectivity index (χ0v) is 12.3. The van der Waals surface area contributed by atoms with Gasteiger partial charge in [-0.05, 0) is 42.5 Å². The lowest BCUT2D eigenvalue weighted by Gasteiger charge is -2.22. The maximum atomic E-state index is 6.17. The molecule has 1 N–H and O–H groups in total. The zero-order valence-electron chi connectivity index (χ0n) is 11.5. The SMILES string of the molecule is Cc1ccc(C(C)C(C)CNC(C)C)cc1Cl. The fourth-order valence-corrected chi connectivity index (χ4v) is 2.01. The molecule has 0 spiro atoms. The summed E-state index contributed by atoms with van der Waals surface area (Å²) in [6.07, 6.45) is 0. The molecule has 0 heterocycles. The predicted octanol–water partition coefficient (Wildman–Crippen LogP) is 4.39. The minimum atomic E-state index is 0.527. The molecule has 0 amide bonds. The lowest BCUT2D eigenvalue weighted by Crippen LogP contribution is -2.29. The minimum Gasteiger partial charge on any atom is -0.314 e. The first-order valence-electron chi connectivity index (χ1n) is 6.41. The van der Waals surface area contributed by atoms with Crippen molar-refractivity contribution in [2.75, 3.05) is 6.54 Å². The fourth-order valence-electron chi connectivity index (χ4n) is 1.82. The molecule has 0 fully saturated rings. The van der Waals surface area contributed by atoms with Gasteiger partial charge >= 0.3 is 0 Å². The molecule has 0 radical (unpaired) electrons. The molecule has 1 aromatic carbocycles. The van der Waals surface area contributed by atoms with E-state index in [1.165, 1.54) is 5.56 Å². The van der Waals surface area contributed by atoms with E-state index >= 15 is 0 Å². The summed E-state index contributed by atoms with van der Waals surface area (Å²) >= 11 is 6.17. The van der Waals surface area contributed by atoms with Crippen molar-refractivity contribution in [1.82, 2.24) is 5.32 Å². The molecule has 1 aromatic rings. The number of nitrogens with one attached hydrogen (secondary N) is 1. The first kappa shape index (κ1) is 14.5. The van der Waals surface area contributed by atoms with Crippen LogP contribution in [0.3, 0.4) is 0 Å². The number of hydrogen-bond acceptors (Lipinski definition) is 1. The van der Waals surface area contributed by atoms with Crippen LogP contribution in [0.4, 0.5) is 0 Å². The number of hydrogen-bond donors (Lipinski definition) is 1. The van der Waals surface area contributed by atoms with Gasteiger partial charge in [0, 0.05) is 11.1 Å². The second kappa shape index (κ2) is 6.42. The Labute approximate surface area is 111 Å². The molecule has 0 saturated carbocycles. The summed E-state index contributed by atoms with van der Waals surface area (Å²) in [6, 6.07) is 6.95. The topological polar surface area (TPSA) is 12.0 Å². The van der Waals surface area contributed by atoms with Crippen LogP contribution in [0.25, 0.3) is 0 Å². The summed E-state index contributed by atoms with van der Waals surface area (Å²) in [5, 5.41) is 4.36. The number of benzene rings is 1. The summed E-state index contributed by atoms with van der Waals surface area (Å²) in [5.41, 5.74) is 2.48. The molecule has 0 aliphatic rings. The Kier molecular flexibility index (Phi) is 5.48. The molecule has 0 aliphatic carbocycles. The number of rotatable bonds is 5. The molecular weight excluding hydrogens is 230 g/mol. The van der Waals surface area contributed by atoms with Crippen LogP contribution < -0.4 is 5.32 Å². The molecule has 0 saturated heterocycles. The maximum absolute atomic E-state index is 6.17. The Morgan fingerprint density at radius 3 is 2.35 bits per heavy atom. The van der Waals surface area contributed by atoms with Crippen LogP contribution in [0.1, 0.15) is 44.7 Å². The Morgan fingerprint density at radius 2 is 1.82 bits per heavy atom.